The molecular weight excluding hydrogens is 729 g/mol. The molecule has 2 aliphatic heterocycles. The second kappa shape index (κ2) is 15.4. The number of amides is 4. The van der Waals surface area contributed by atoms with Gasteiger partial charge in [0.1, 0.15) is 23.3 Å². The molecule has 2 aliphatic carbocycles. The van der Waals surface area contributed by atoms with E-state index in [4.69, 9.17) is 14.2 Å². The molecule has 57 heavy (non-hydrogen) atoms. The molecule has 8 rings (SSSR count). The number of hydrogen-bond donors (Lipinski definition) is 2. The Hall–Kier alpha value is -5.60. The van der Waals surface area contributed by atoms with E-state index < -0.39 is 29.7 Å². The normalized spacial score (nSPS) is 22.8. The average Bonchev–Trinajstić information content (AvgIpc) is 3.41. The molecule has 2 saturated carbocycles. The highest BCUT2D eigenvalue weighted by atomic mass is 16.5. The molecule has 0 bridgehead atoms. The summed E-state index contributed by atoms with van der Waals surface area (Å²) in [6.45, 7) is 2.53. The number of aryl methyl sites for hydroxylation is 1. The highest BCUT2D eigenvalue weighted by molar-refractivity contribution is 6.23. The monoisotopic (exact) mass is 776 g/mol. The number of imide groups is 2. The fourth-order valence-electron chi connectivity index (χ4n) is 9.17. The Morgan fingerprint density at radius 3 is 2.37 bits per heavy atom. The highest BCUT2D eigenvalue weighted by Crippen LogP contribution is 2.57. The molecule has 4 aromatic rings. The largest absolute Gasteiger partial charge is 0.496 e. The summed E-state index contributed by atoms with van der Waals surface area (Å²) in [5.74, 6) is -0.0674. The molecule has 14 nitrogen and oxygen atoms in total. The topological polar surface area (TPSA) is 161 Å². The number of benzene rings is 2. The first-order valence-electron chi connectivity index (χ1n) is 19.6. The van der Waals surface area contributed by atoms with Crippen LogP contribution in [0.1, 0.15) is 77.6 Å². The van der Waals surface area contributed by atoms with E-state index in [1.165, 1.54) is 0 Å². The zero-order valence-electron chi connectivity index (χ0n) is 32.8. The van der Waals surface area contributed by atoms with Crippen LogP contribution < -0.4 is 30.4 Å². The second-order valence-electron chi connectivity index (χ2n) is 16.0. The first kappa shape index (κ1) is 38.3. The fraction of sp³-hybridized carbons (Fsp3) is 0.442. The van der Waals surface area contributed by atoms with E-state index in [2.05, 4.69) is 27.6 Å². The summed E-state index contributed by atoms with van der Waals surface area (Å²) in [4.78, 5) is 70.3. The summed E-state index contributed by atoms with van der Waals surface area (Å²) < 4.78 is 19.6. The number of carbonyl (C=O) groups excluding carboxylic acids is 4. The number of pyridine rings is 2. The van der Waals surface area contributed by atoms with Gasteiger partial charge in [-0.2, -0.15) is 0 Å². The predicted molar refractivity (Wildman–Crippen MR) is 211 cm³/mol. The van der Waals surface area contributed by atoms with Crippen molar-refractivity contribution < 1.29 is 33.4 Å². The van der Waals surface area contributed by atoms with Crippen LogP contribution in [-0.4, -0.2) is 95.5 Å². The van der Waals surface area contributed by atoms with Crippen molar-refractivity contribution in [3.05, 3.63) is 82.0 Å². The maximum Gasteiger partial charge on any atom is 0.262 e. The minimum atomic E-state index is -0.988. The van der Waals surface area contributed by atoms with E-state index in [-0.39, 0.29) is 35.6 Å². The van der Waals surface area contributed by atoms with Gasteiger partial charge >= 0.3 is 0 Å². The predicted octanol–water partition coefficient (Wildman–Crippen LogP) is 4.21. The van der Waals surface area contributed by atoms with Gasteiger partial charge in [-0.3, -0.25) is 39.2 Å². The number of ether oxygens (including phenoxy) is 3. The Labute approximate surface area is 330 Å². The SMILES string of the molecule is COc1cc(-c2cn(C)c(=O)c3cnccc23)cc(OC)c1CN(C)CCCCNC1CC2(C1)CC(Oc1ccc3c(c1)C(=O)N(C1CCC(=O)NC1=O)C3=O)C2. The minimum Gasteiger partial charge on any atom is -0.496 e. The van der Waals surface area contributed by atoms with Gasteiger partial charge in [0, 0.05) is 50.2 Å². The standard InChI is InChI=1S/C43H48N6O8/c1-47(23-34-36(55-3)15-25(16-37(34)56-4)33-24-48(2)40(52)32-22-44-13-11-29(32)33)14-6-5-12-45-26-18-43(19-26)20-28(21-43)57-27-7-8-30-31(17-27)42(54)49(41(30)53)35-9-10-38(50)46-39(35)51/h7-8,11,13,15-17,22,24,26,28,35,45H,5-6,9-10,12,14,18-21,23H2,1-4H3,(H,46,50,51). The number of hydrogen-bond acceptors (Lipinski definition) is 11. The summed E-state index contributed by atoms with van der Waals surface area (Å²) in [6, 6.07) is 10.3. The molecule has 1 saturated heterocycles. The Morgan fingerprint density at radius 1 is 0.912 bits per heavy atom. The zero-order chi connectivity index (χ0) is 40.0. The third-order valence-corrected chi connectivity index (χ3v) is 12.1. The van der Waals surface area contributed by atoms with Crippen LogP contribution in [0.3, 0.4) is 0 Å². The third-order valence-electron chi connectivity index (χ3n) is 12.1. The summed E-state index contributed by atoms with van der Waals surface area (Å²) >= 11 is 0. The lowest BCUT2D eigenvalue weighted by atomic mass is 9.53. The van der Waals surface area contributed by atoms with Gasteiger partial charge in [-0.15, -0.1) is 0 Å². The van der Waals surface area contributed by atoms with Gasteiger partial charge in [0.05, 0.1) is 42.4 Å². The quantitative estimate of drug-likeness (QED) is 0.140. The first-order valence-corrected chi connectivity index (χ1v) is 19.6. The molecule has 0 radical (unpaired) electrons. The summed E-state index contributed by atoms with van der Waals surface area (Å²) in [6.07, 6.45) is 11.6. The second-order valence-corrected chi connectivity index (χ2v) is 16.0. The van der Waals surface area contributed by atoms with Crippen LogP contribution in [0, 0.1) is 5.41 Å². The van der Waals surface area contributed by atoms with E-state index in [0.717, 1.165) is 90.1 Å². The van der Waals surface area contributed by atoms with Gasteiger partial charge in [0.25, 0.3) is 17.4 Å². The molecule has 298 valence electrons. The number of piperidine rings is 1. The van der Waals surface area contributed by atoms with Crippen molar-refractivity contribution in [1.29, 1.82) is 0 Å². The van der Waals surface area contributed by atoms with Crippen molar-refractivity contribution in [2.75, 3.05) is 34.4 Å². The molecule has 1 spiro atoms. The summed E-state index contributed by atoms with van der Waals surface area (Å²) in [7, 11) is 7.18. The van der Waals surface area contributed by atoms with E-state index in [1.54, 1.807) is 56.4 Å². The van der Waals surface area contributed by atoms with Crippen molar-refractivity contribution in [1.82, 2.24) is 30.0 Å². The number of rotatable bonds is 14. The van der Waals surface area contributed by atoms with Crippen molar-refractivity contribution >= 4 is 34.4 Å². The smallest absolute Gasteiger partial charge is 0.262 e. The van der Waals surface area contributed by atoms with Gasteiger partial charge in [-0.1, -0.05) is 0 Å². The molecule has 2 aromatic heterocycles. The number of carbonyl (C=O) groups is 4. The fourth-order valence-corrected chi connectivity index (χ4v) is 9.17. The van der Waals surface area contributed by atoms with Crippen LogP contribution in [0.15, 0.2) is 59.8 Å². The van der Waals surface area contributed by atoms with Crippen molar-refractivity contribution in [3.8, 4) is 28.4 Å². The molecule has 4 amide bonds. The molecule has 14 heteroatoms. The lowest BCUT2D eigenvalue weighted by Crippen LogP contribution is -2.58. The molecule has 1 atom stereocenters. The average molecular weight is 777 g/mol. The highest BCUT2D eigenvalue weighted by Gasteiger charge is 2.54. The molecule has 2 aromatic carbocycles. The molecular formula is C43H48N6O8. The molecule has 3 fully saturated rings. The molecule has 1 unspecified atom stereocenters. The maximum atomic E-state index is 13.2. The van der Waals surface area contributed by atoms with E-state index in [1.807, 2.05) is 24.4 Å². The number of aromatic nitrogens is 2. The van der Waals surface area contributed by atoms with Crippen molar-refractivity contribution in [2.45, 2.75) is 76.1 Å². The number of nitrogens with one attached hydrogen (secondary N) is 2. The Bertz CT molecular complexity index is 2300. The first-order chi connectivity index (χ1) is 27.5. The van der Waals surface area contributed by atoms with E-state index >= 15 is 0 Å². The Kier molecular flexibility index (Phi) is 10.3. The maximum absolute atomic E-state index is 13.2. The van der Waals surface area contributed by atoms with Crippen LogP contribution in [0.2, 0.25) is 0 Å². The van der Waals surface area contributed by atoms with Crippen molar-refractivity contribution in [3.63, 3.8) is 0 Å². The lowest BCUT2D eigenvalue weighted by Gasteiger charge is -2.57. The van der Waals surface area contributed by atoms with Crippen LogP contribution >= 0.6 is 0 Å². The van der Waals surface area contributed by atoms with Crippen molar-refractivity contribution in [2.24, 2.45) is 12.5 Å². The van der Waals surface area contributed by atoms with Crippen LogP contribution in [0.4, 0.5) is 0 Å². The third kappa shape index (κ3) is 7.27. The van der Waals surface area contributed by atoms with E-state index in [9.17, 15) is 24.0 Å². The van der Waals surface area contributed by atoms with Crippen LogP contribution in [0.5, 0.6) is 17.2 Å². The van der Waals surface area contributed by atoms with Gasteiger partial charge in [0.2, 0.25) is 11.8 Å². The van der Waals surface area contributed by atoms with Crippen LogP contribution in [0.25, 0.3) is 21.9 Å². The van der Waals surface area contributed by atoms with Gasteiger partial charge in [-0.25, -0.2) is 0 Å². The zero-order valence-corrected chi connectivity index (χ0v) is 32.8. The van der Waals surface area contributed by atoms with Crippen LogP contribution in [-0.2, 0) is 23.2 Å². The number of methoxy groups -OCH3 is 2. The molecule has 4 heterocycles. The lowest BCUT2D eigenvalue weighted by molar-refractivity contribution is -0.136. The Morgan fingerprint density at radius 2 is 1.65 bits per heavy atom. The number of unbranched alkanes of at least 4 members (excludes halogenated alkanes) is 1. The minimum absolute atomic E-state index is 0.0532. The summed E-state index contributed by atoms with van der Waals surface area (Å²) in [5, 5.41) is 7.35. The Balaban J connectivity index is 0.771. The summed E-state index contributed by atoms with van der Waals surface area (Å²) in [5.41, 5.74) is 3.45. The molecule has 4 aliphatic rings. The van der Waals surface area contributed by atoms with Gasteiger partial charge in [-0.05, 0) is 118 Å². The van der Waals surface area contributed by atoms with Gasteiger partial charge in [0.15, 0.2) is 0 Å². The number of fused-ring (bicyclic) bond motifs is 2. The van der Waals surface area contributed by atoms with Gasteiger partial charge < -0.3 is 29.0 Å². The molecule has 2 N–H and O–H groups in total. The number of nitrogens with zero attached hydrogens (tertiary/aromatic N) is 4. The van der Waals surface area contributed by atoms with E-state index in [0.29, 0.717) is 29.1 Å².